The van der Waals surface area contributed by atoms with Crippen molar-refractivity contribution in [2.75, 3.05) is 29.9 Å². The van der Waals surface area contributed by atoms with Crippen LogP contribution in [0.15, 0.2) is 35.2 Å². The number of amides is 1. The standard InChI is InChI=1S/C19H21N3O3S/c1-14-10-16(22-8-2-3-9-22)5-6-17(14)21-18(23)11-25-19(24)7-4-15-12-26-13-20-15/h4-7,10,12-13H,2-3,8-9,11H2,1H3,(H,21,23). The van der Waals surface area contributed by atoms with E-state index in [9.17, 15) is 9.59 Å². The SMILES string of the molecule is Cc1cc(N2CCCC2)ccc1NC(=O)COC(=O)C=Cc1cscn1. The number of esters is 1. The number of carbonyl (C=O) groups is 2. The Hall–Kier alpha value is -2.67. The number of nitrogens with one attached hydrogen (secondary N) is 1. The molecule has 26 heavy (non-hydrogen) atoms. The zero-order valence-corrected chi connectivity index (χ0v) is 15.4. The summed E-state index contributed by atoms with van der Waals surface area (Å²) < 4.78 is 4.95. The summed E-state index contributed by atoms with van der Waals surface area (Å²) in [7, 11) is 0. The molecular weight excluding hydrogens is 350 g/mol. The molecule has 1 aromatic carbocycles. The molecule has 1 N–H and O–H groups in total. The fourth-order valence-corrected chi connectivity index (χ4v) is 3.31. The maximum Gasteiger partial charge on any atom is 0.331 e. The van der Waals surface area contributed by atoms with E-state index in [1.54, 1.807) is 11.6 Å². The molecule has 2 aromatic rings. The third-order valence-corrected chi connectivity index (χ3v) is 4.75. The van der Waals surface area contributed by atoms with E-state index in [-0.39, 0.29) is 12.5 Å². The number of carbonyl (C=O) groups excluding carboxylic acids is 2. The summed E-state index contributed by atoms with van der Waals surface area (Å²) in [6.07, 6.45) is 5.26. The summed E-state index contributed by atoms with van der Waals surface area (Å²) in [5.41, 5.74) is 5.25. The van der Waals surface area contributed by atoms with Crippen molar-refractivity contribution in [2.45, 2.75) is 19.8 Å². The number of aromatic nitrogens is 1. The van der Waals surface area contributed by atoms with Crippen LogP contribution >= 0.6 is 11.3 Å². The van der Waals surface area contributed by atoms with Crippen molar-refractivity contribution in [1.82, 2.24) is 4.98 Å². The van der Waals surface area contributed by atoms with Gasteiger partial charge < -0.3 is 15.0 Å². The van der Waals surface area contributed by atoms with Crippen molar-refractivity contribution in [3.63, 3.8) is 0 Å². The Balaban J connectivity index is 1.49. The van der Waals surface area contributed by atoms with Crippen LogP contribution in [0, 0.1) is 6.92 Å². The molecule has 1 aliphatic rings. The van der Waals surface area contributed by atoms with Crippen LogP contribution in [0.1, 0.15) is 24.1 Å². The highest BCUT2D eigenvalue weighted by molar-refractivity contribution is 7.07. The number of ether oxygens (including phenoxy) is 1. The monoisotopic (exact) mass is 371 g/mol. The largest absolute Gasteiger partial charge is 0.452 e. The Morgan fingerprint density at radius 1 is 1.35 bits per heavy atom. The van der Waals surface area contributed by atoms with Gasteiger partial charge in [-0.2, -0.15) is 0 Å². The molecule has 1 fully saturated rings. The van der Waals surface area contributed by atoms with Crippen molar-refractivity contribution in [1.29, 1.82) is 0 Å². The molecule has 1 saturated heterocycles. The summed E-state index contributed by atoms with van der Waals surface area (Å²) in [6.45, 7) is 3.79. The van der Waals surface area contributed by atoms with Crippen LogP contribution in [0.4, 0.5) is 11.4 Å². The van der Waals surface area contributed by atoms with Crippen molar-refractivity contribution in [2.24, 2.45) is 0 Å². The summed E-state index contributed by atoms with van der Waals surface area (Å²) >= 11 is 1.44. The predicted molar refractivity (Wildman–Crippen MR) is 103 cm³/mol. The van der Waals surface area contributed by atoms with Gasteiger partial charge in [-0.25, -0.2) is 9.78 Å². The Morgan fingerprint density at radius 3 is 2.85 bits per heavy atom. The number of rotatable bonds is 6. The predicted octanol–water partition coefficient (Wildman–Crippen LogP) is 3.25. The van der Waals surface area contributed by atoms with Crippen LogP contribution < -0.4 is 10.2 Å². The minimum Gasteiger partial charge on any atom is -0.452 e. The van der Waals surface area contributed by atoms with Gasteiger partial charge in [-0.15, -0.1) is 11.3 Å². The van der Waals surface area contributed by atoms with E-state index in [1.165, 1.54) is 35.9 Å². The molecule has 0 bridgehead atoms. The van der Waals surface area contributed by atoms with E-state index < -0.39 is 5.97 Å². The highest BCUT2D eigenvalue weighted by Crippen LogP contribution is 2.25. The summed E-state index contributed by atoms with van der Waals surface area (Å²) in [5, 5.41) is 4.59. The molecule has 0 aliphatic carbocycles. The van der Waals surface area contributed by atoms with Crippen molar-refractivity contribution in [3.8, 4) is 0 Å². The van der Waals surface area contributed by atoms with Gasteiger partial charge in [-0.05, 0) is 49.6 Å². The first kappa shape index (κ1) is 18.1. The van der Waals surface area contributed by atoms with Gasteiger partial charge in [-0.3, -0.25) is 4.79 Å². The van der Waals surface area contributed by atoms with Gasteiger partial charge >= 0.3 is 5.97 Å². The number of anilines is 2. The molecule has 136 valence electrons. The molecule has 0 atom stereocenters. The van der Waals surface area contributed by atoms with Gasteiger partial charge in [0, 0.05) is 35.9 Å². The number of nitrogens with zero attached hydrogens (tertiary/aromatic N) is 2. The Bertz CT molecular complexity index is 796. The summed E-state index contributed by atoms with van der Waals surface area (Å²) in [4.78, 5) is 30.0. The van der Waals surface area contributed by atoms with Crippen LogP contribution in [-0.4, -0.2) is 36.6 Å². The zero-order valence-electron chi connectivity index (χ0n) is 14.6. The maximum absolute atomic E-state index is 12.0. The minimum atomic E-state index is -0.575. The second-order valence-electron chi connectivity index (χ2n) is 6.10. The van der Waals surface area contributed by atoms with Crippen molar-refractivity contribution < 1.29 is 14.3 Å². The van der Waals surface area contributed by atoms with E-state index in [0.29, 0.717) is 5.69 Å². The molecule has 0 radical (unpaired) electrons. The second kappa shape index (κ2) is 8.62. The average molecular weight is 371 g/mol. The summed E-state index contributed by atoms with van der Waals surface area (Å²) in [5.74, 6) is -0.938. The molecule has 0 saturated carbocycles. The highest BCUT2D eigenvalue weighted by atomic mass is 32.1. The number of hydrogen-bond donors (Lipinski definition) is 1. The Morgan fingerprint density at radius 2 is 2.15 bits per heavy atom. The van der Waals surface area contributed by atoms with E-state index in [1.807, 2.05) is 24.4 Å². The Kier molecular flexibility index (Phi) is 6.01. The van der Waals surface area contributed by atoms with Gasteiger partial charge in [0.25, 0.3) is 5.91 Å². The molecule has 1 amide bonds. The molecular formula is C19H21N3O3S. The smallest absolute Gasteiger partial charge is 0.331 e. The zero-order chi connectivity index (χ0) is 18.4. The summed E-state index contributed by atoms with van der Waals surface area (Å²) in [6, 6.07) is 5.98. The van der Waals surface area contributed by atoms with Crippen molar-refractivity contribution >= 4 is 40.7 Å². The van der Waals surface area contributed by atoms with Crippen molar-refractivity contribution in [3.05, 3.63) is 46.4 Å². The van der Waals surface area contributed by atoms with Gasteiger partial charge in [0.2, 0.25) is 0 Å². The third-order valence-electron chi connectivity index (χ3n) is 4.14. The molecule has 3 rings (SSSR count). The lowest BCUT2D eigenvalue weighted by atomic mass is 10.1. The molecule has 6 nitrogen and oxygen atoms in total. The van der Waals surface area contributed by atoms with Crippen LogP contribution in [-0.2, 0) is 14.3 Å². The van der Waals surface area contributed by atoms with E-state index >= 15 is 0 Å². The lowest BCUT2D eigenvalue weighted by Gasteiger charge is -2.19. The van der Waals surface area contributed by atoms with Gasteiger partial charge in [0.15, 0.2) is 6.61 Å². The normalized spacial score (nSPS) is 14.0. The first-order chi connectivity index (χ1) is 12.6. The third kappa shape index (κ3) is 4.92. The lowest BCUT2D eigenvalue weighted by molar-refractivity contribution is -0.142. The molecule has 2 heterocycles. The first-order valence-corrected chi connectivity index (χ1v) is 9.44. The highest BCUT2D eigenvalue weighted by Gasteiger charge is 2.14. The fourth-order valence-electron chi connectivity index (χ4n) is 2.79. The van der Waals surface area contributed by atoms with Gasteiger partial charge in [0.05, 0.1) is 11.2 Å². The fraction of sp³-hybridized carbons (Fsp3) is 0.316. The topological polar surface area (TPSA) is 71.5 Å². The average Bonchev–Trinajstić information content (AvgIpc) is 3.33. The number of benzene rings is 1. The number of hydrogen-bond acceptors (Lipinski definition) is 6. The minimum absolute atomic E-state index is 0.326. The lowest BCUT2D eigenvalue weighted by Crippen LogP contribution is -2.21. The molecule has 7 heteroatoms. The maximum atomic E-state index is 12.0. The number of aryl methyl sites for hydroxylation is 1. The first-order valence-electron chi connectivity index (χ1n) is 8.50. The molecule has 0 unspecified atom stereocenters. The molecule has 1 aliphatic heterocycles. The van der Waals surface area contributed by atoms with Gasteiger partial charge in [-0.1, -0.05) is 0 Å². The van der Waals surface area contributed by atoms with Crippen LogP contribution in [0.25, 0.3) is 6.08 Å². The van der Waals surface area contributed by atoms with E-state index in [2.05, 4.69) is 21.3 Å². The number of thiazole rings is 1. The quantitative estimate of drug-likeness (QED) is 0.623. The van der Waals surface area contributed by atoms with Gasteiger partial charge in [0.1, 0.15) is 0 Å². The van der Waals surface area contributed by atoms with Crippen LogP contribution in [0.3, 0.4) is 0 Å². The Labute approximate surface area is 156 Å². The van der Waals surface area contributed by atoms with E-state index in [4.69, 9.17) is 4.74 Å². The van der Waals surface area contributed by atoms with Crippen LogP contribution in [0.5, 0.6) is 0 Å². The molecule has 0 spiro atoms. The second-order valence-corrected chi connectivity index (χ2v) is 6.81. The van der Waals surface area contributed by atoms with Crippen LogP contribution in [0.2, 0.25) is 0 Å². The molecule has 1 aromatic heterocycles. The van der Waals surface area contributed by atoms with E-state index in [0.717, 1.165) is 24.3 Å².